The van der Waals surface area contributed by atoms with Crippen LogP contribution in [0.5, 0.6) is 0 Å². The highest BCUT2D eigenvalue weighted by Crippen LogP contribution is 2.13. The van der Waals surface area contributed by atoms with Crippen LogP contribution in [-0.4, -0.2) is 61.9 Å². The van der Waals surface area contributed by atoms with E-state index in [1.807, 2.05) is 0 Å². The molecule has 9 nitrogen and oxygen atoms in total. The van der Waals surface area contributed by atoms with Crippen LogP contribution in [0.25, 0.3) is 0 Å². The van der Waals surface area contributed by atoms with Gasteiger partial charge < -0.3 is 4.90 Å². The van der Waals surface area contributed by atoms with Gasteiger partial charge in [-0.25, -0.2) is 19.4 Å². The molecule has 0 unspecified atom stereocenters. The molecular weight excluding hydrogens is 358 g/mol. The summed E-state index contributed by atoms with van der Waals surface area (Å²) in [6.07, 6.45) is 4.65. The highest BCUT2D eigenvalue weighted by Gasteiger charge is 2.18. The molecule has 140 valence electrons. The summed E-state index contributed by atoms with van der Waals surface area (Å²) in [6, 6.07) is 1.67. The predicted molar refractivity (Wildman–Crippen MR) is 98.7 cm³/mol. The van der Waals surface area contributed by atoms with Gasteiger partial charge in [0.25, 0.3) is 5.56 Å². The molecule has 26 heavy (non-hydrogen) atoms. The van der Waals surface area contributed by atoms with Crippen molar-refractivity contribution in [2.45, 2.75) is 19.4 Å². The van der Waals surface area contributed by atoms with Crippen molar-refractivity contribution in [3.8, 4) is 0 Å². The van der Waals surface area contributed by atoms with Gasteiger partial charge in [-0.1, -0.05) is 11.6 Å². The molecule has 2 aromatic heterocycles. The third-order valence-electron chi connectivity index (χ3n) is 4.50. The van der Waals surface area contributed by atoms with Gasteiger partial charge >= 0.3 is 5.69 Å². The monoisotopic (exact) mass is 379 g/mol. The number of nitrogens with zero attached hydrogens (tertiary/aromatic N) is 7. The molecule has 0 saturated carbocycles. The molecule has 0 aliphatic carbocycles. The average molecular weight is 380 g/mol. The summed E-state index contributed by atoms with van der Waals surface area (Å²) < 4.78 is 2.42. The summed E-state index contributed by atoms with van der Waals surface area (Å²) in [5.41, 5.74) is -0.750. The van der Waals surface area contributed by atoms with Gasteiger partial charge in [0.1, 0.15) is 11.3 Å². The van der Waals surface area contributed by atoms with E-state index in [1.165, 1.54) is 17.9 Å². The summed E-state index contributed by atoms with van der Waals surface area (Å²) in [6.45, 7) is 5.08. The second-order valence-corrected chi connectivity index (χ2v) is 6.65. The molecule has 1 saturated heterocycles. The van der Waals surface area contributed by atoms with Crippen LogP contribution in [0.15, 0.2) is 28.0 Å². The number of piperazine rings is 1. The van der Waals surface area contributed by atoms with Crippen molar-refractivity contribution in [1.29, 1.82) is 0 Å². The van der Waals surface area contributed by atoms with E-state index >= 15 is 0 Å². The van der Waals surface area contributed by atoms with Gasteiger partial charge in [-0.3, -0.25) is 14.3 Å². The summed E-state index contributed by atoms with van der Waals surface area (Å²) in [5, 5.41) is 4.36. The van der Waals surface area contributed by atoms with E-state index in [-0.39, 0.29) is 11.2 Å². The van der Waals surface area contributed by atoms with Crippen LogP contribution in [-0.2, 0) is 13.6 Å². The number of aryl methyl sites for hydroxylation is 1. The summed E-state index contributed by atoms with van der Waals surface area (Å²) >= 11 is 5.92. The van der Waals surface area contributed by atoms with Crippen LogP contribution < -0.4 is 16.1 Å². The Morgan fingerprint density at radius 2 is 1.85 bits per heavy atom. The Balaban J connectivity index is 1.41. The highest BCUT2D eigenvalue weighted by atomic mass is 35.5. The van der Waals surface area contributed by atoms with Crippen molar-refractivity contribution >= 4 is 17.5 Å². The minimum absolute atomic E-state index is 0.368. The largest absolute Gasteiger partial charge is 0.347 e. The van der Waals surface area contributed by atoms with Crippen LogP contribution in [0, 0.1) is 0 Å². The Bertz CT molecular complexity index is 858. The van der Waals surface area contributed by atoms with E-state index in [0.29, 0.717) is 17.6 Å². The fraction of sp³-hybridized carbons (Fsp3) is 0.562. The van der Waals surface area contributed by atoms with Crippen LogP contribution in [0.1, 0.15) is 12.8 Å². The van der Waals surface area contributed by atoms with Crippen LogP contribution in [0.2, 0.25) is 5.15 Å². The SMILES string of the molecule is Cn1c(=O)cnn(CCCCN2CCN(c3nccc(Cl)n3)CC2)c1=O. The van der Waals surface area contributed by atoms with Crippen LogP contribution >= 0.6 is 11.6 Å². The molecule has 0 bridgehead atoms. The van der Waals surface area contributed by atoms with Gasteiger partial charge in [0, 0.05) is 46.0 Å². The van der Waals surface area contributed by atoms with Gasteiger partial charge in [-0.05, 0) is 25.5 Å². The van der Waals surface area contributed by atoms with Crippen molar-refractivity contribution in [2.24, 2.45) is 7.05 Å². The Morgan fingerprint density at radius 3 is 2.58 bits per heavy atom. The van der Waals surface area contributed by atoms with Crippen molar-refractivity contribution < 1.29 is 0 Å². The lowest BCUT2D eigenvalue weighted by molar-refractivity contribution is 0.249. The third kappa shape index (κ3) is 4.47. The molecule has 3 rings (SSSR count). The normalized spacial score (nSPS) is 15.4. The molecular formula is C16H22ClN7O2. The lowest BCUT2D eigenvalue weighted by Crippen LogP contribution is -2.47. The van der Waals surface area contributed by atoms with Crippen molar-refractivity contribution in [2.75, 3.05) is 37.6 Å². The number of anilines is 1. The zero-order valence-electron chi connectivity index (χ0n) is 14.7. The van der Waals surface area contributed by atoms with Crippen LogP contribution in [0.4, 0.5) is 5.95 Å². The van der Waals surface area contributed by atoms with E-state index in [0.717, 1.165) is 50.1 Å². The molecule has 3 heterocycles. The molecule has 1 fully saturated rings. The van der Waals surface area contributed by atoms with Gasteiger partial charge in [0.15, 0.2) is 0 Å². The van der Waals surface area contributed by atoms with Crippen molar-refractivity contribution in [3.05, 3.63) is 44.5 Å². The predicted octanol–water partition coefficient (Wildman–Crippen LogP) is -0.0122. The summed E-state index contributed by atoms with van der Waals surface area (Å²) in [5.74, 6) is 0.678. The molecule has 1 aliphatic heterocycles. The van der Waals surface area contributed by atoms with Gasteiger partial charge in [0.2, 0.25) is 5.95 Å². The average Bonchev–Trinajstić information content (AvgIpc) is 2.65. The van der Waals surface area contributed by atoms with E-state index in [2.05, 4.69) is 24.9 Å². The summed E-state index contributed by atoms with van der Waals surface area (Å²) in [7, 11) is 1.46. The number of hydrogen-bond donors (Lipinski definition) is 0. The molecule has 0 aromatic carbocycles. The fourth-order valence-electron chi connectivity index (χ4n) is 2.92. The first-order chi connectivity index (χ1) is 12.5. The van der Waals surface area contributed by atoms with Gasteiger partial charge in [0.05, 0.1) is 0 Å². The second kappa shape index (κ2) is 8.41. The smallest absolute Gasteiger partial charge is 0.338 e. The first kappa shape index (κ1) is 18.5. The Hall–Kier alpha value is -2.26. The van der Waals surface area contributed by atoms with Crippen molar-refractivity contribution in [1.82, 2.24) is 29.2 Å². The zero-order valence-corrected chi connectivity index (χ0v) is 15.5. The Kier molecular flexibility index (Phi) is 6.00. The first-order valence-electron chi connectivity index (χ1n) is 8.63. The molecule has 0 amide bonds. The topological polar surface area (TPSA) is 89.2 Å². The number of unbranched alkanes of at least 4 members (excludes halogenated alkanes) is 1. The zero-order chi connectivity index (χ0) is 18.5. The highest BCUT2D eigenvalue weighted by molar-refractivity contribution is 6.29. The maximum atomic E-state index is 11.9. The Labute approximate surface area is 155 Å². The van der Waals surface area contributed by atoms with Crippen LogP contribution in [0.3, 0.4) is 0 Å². The lowest BCUT2D eigenvalue weighted by Gasteiger charge is -2.34. The maximum Gasteiger partial charge on any atom is 0.347 e. The molecule has 0 spiro atoms. The van der Waals surface area contributed by atoms with E-state index in [9.17, 15) is 9.59 Å². The first-order valence-corrected chi connectivity index (χ1v) is 9.01. The van der Waals surface area contributed by atoms with Gasteiger partial charge in [-0.2, -0.15) is 5.10 Å². The molecule has 0 atom stereocenters. The fourth-order valence-corrected chi connectivity index (χ4v) is 3.06. The third-order valence-corrected chi connectivity index (χ3v) is 4.71. The molecule has 0 radical (unpaired) electrons. The lowest BCUT2D eigenvalue weighted by atomic mass is 10.2. The quantitative estimate of drug-likeness (QED) is 0.515. The van der Waals surface area contributed by atoms with E-state index in [4.69, 9.17) is 11.6 Å². The Morgan fingerprint density at radius 1 is 1.12 bits per heavy atom. The number of halogens is 1. The van der Waals surface area contributed by atoms with E-state index in [1.54, 1.807) is 12.3 Å². The van der Waals surface area contributed by atoms with Crippen molar-refractivity contribution in [3.63, 3.8) is 0 Å². The maximum absolute atomic E-state index is 11.9. The molecule has 10 heteroatoms. The number of hydrogen-bond acceptors (Lipinski definition) is 7. The minimum Gasteiger partial charge on any atom is -0.338 e. The molecule has 1 aliphatic rings. The second-order valence-electron chi connectivity index (χ2n) is 6.26. The number of aromatic nitrogens is 5. The molecule has 0 N–H and O–H groups in total. The standard InChI is InChI=1S/C16H22ClN7O2/c1-21-14(25)12-19-24(16(21)26)7-3-2-6-22-8-10-23(11-9-22)15-18-5-4-13(17)20-15/h4-5,12H,2-3,6-11H2,1H3. The minimum atomic E-state index is -0.382. The van der Waals surface area contributed by atoms with E-state index < -0.39 is 0 Å². The molecule has 2 aromatic rings. The van der Waals surface area contributed by atoms with Gasteiger partial charge in [-0.15, -0.1) is 0 Å². The number of rotatable bonds is 6. The summed E-state index contributed by atoms with van der Waals surface area (Å²) in [4.78, 5) is 36.3.